The van der Waals surface area contributed by atoms with E-state index in [1.165, 1.54) is 12.2 Å². The van der Waals surface area contributed by atoms with Crippen molar-refractivity contribution in [2.24, 2.45) is 9.98 Å². The normalized spacial score (nSPS) is 15.7. The highest BCUT2D eigenvalue weighted by Gasteiger charge is 2.35. The van der Waals surface area contributed by atoms with Crippen molar-refractivity contribution in [3.8, 4) is 22.5 Å². The van der Waals surface area contributed by atoms with Gasteiger partial charge in [-0.3, -0.25) is 0 Å². The molecule has 0 aliphatic carbocycles. The highest BCUT2D eigenvalue weighted by Crippen LogP contribution is 2.42. The van der Waals surface area contributed by atoms with Crippen molar-refractivity contribution < 1.29 is 36.8 Å². The predicted molar refractivity (Wildman–Crippen MR) is 227 cm³/mol. The summed E-state index contributed by atoms with van der Waals surface area (Å²) in [6.07, 6.45) is 6.42. The van der Waals surface area contributed by atoms with Gasteiger partial charge in [0.1, 0.15) is 34.4 Å². The minimum Gasteiger partial charge on any atom is -0.506 e. The first kappa shape index (κ1) is 42.2. The van der Waals surface area contributed by atoms with Crippen LogP contribution in [0.3, 0.4) is 0 Å². The SMILES string of the molecule is CCC1=C(CC)C2=C(O)C=C(OB(F)F)c3[nH]c(c(CC)c3CC)-c3cccc(c3)-c3[nH]c(c(CC)c3CC)C(OB(F)F)=CC(O)=C3N=C(C1=N2)C(CC)=C3CC. The van der Waals surface area contributed by atoms with Gasteiger partial charge in [-0.1, -0.05) is 73.6 Å². The number of aliphatic hydroxyl groups is 2. The number of nitrogens with zero attached hydrogens (tertiary/aromatic N) is 2. The maximum absolute atomic E-state index is 14.3. The lowest BCUT2D eigenvalue weighted by Gasteiger charge is -2.11. The molecular weight excluding hydrogens is 746 g/mol. The lowest BCUT2D eigenvalue weighted by molar-refractivity contribution is 0.386. The van der Waals surface area contributed by atoms with E-state index in [2.05, 4.69) is 9.97 Å². The molecule has 58 heavy (non-hydrogen) atoms. The van der Waals surface area contributed by atoms with E-state index in [1.807, 2.05) is 79.7 Å². The summed E-state index contributed by atoms with van der Waals surface area (Å²) in [6.45, 7) is 15.6. The van der Waals surface area contributed by atoms with Crippen molar-refractivity contribution in [3.63, 3.8) is 0 Å². The Morgan fingerprint density at radius 3 is 1.17 bits per heavy atom. The van der Waals surface area contributed by atoms with Gasteiger partial charge in [0.15, 0.2) is 0 Å². The molecule has 14 heteroatoms. The number of aromatic nitrogens is 2. The van der Waals surface area contributed by atoms with E-state index < -0.39 is 14.9 Å². The molecule has 0 spiro atoms. The lowest BCUT2D eigenvalue weighted by Crippen LogP contribution is -2.16. The second kappa shape index (κ2) is 17.6. The van der Waals surface area contributed by atoms with E-state index >= 15 is 0 Å². The molecule has 304 valence electrons. The number of aliphatic imine (C=N–C) groups is 2. The zero-order valence-electron chi connectivity index (χ0n) is 34.4. The van der Waals surface area contributed by atoms with Crippen LogP contribution in [0.4, 0.5) is 17.3 Å². The van der Waals surface area contributed by atoms with Crippen LogP contribution in [0.15, 0.2) is 91.6 Å². The summed E-state index contributed by atoms with van der Waals surface area (Å²) in [6, 6.07) is 7.66. The Morgan fingerprint density at radius 1 is 0.517 bits per heavy atom. The summed E-state index contributed by atoms with van der Waals surface area (Å²) >= 11 is 0. The molecule has 2 aromatic heterocycles. The third kappa shape index (κ3) is 7.53. The van der Waals surface area contributed by atoms with Gasteiger partial charge in [0.05, 0.1) is 22.8 Å². The number of aromatic amines is 2. The van der Waals surface area contributed by atoms with Crippen LogP contribution in [0, 0.1) is 0 Å². The van der Waals surface area contributed by atoms with Crippen LogP contribution in [0.25, 0.3) is 34.0 Å². The van der Waals surface area contributed by atoms with Gasteiger partial charge in [0.25, 0.3) is 0 Å². The molecule has 0 radical (unpaired) electrons. The molecule has 6 rings (SSSR count). The fraction of sp³-hybridized carbons (Fsp3) is 0.364. The summed E-state index contributed by atoms with van der Waals surface area (Å²) in [4.78, 5) is 16.7. The maximum atomic E-state index is 14.3. The molecule has 8 nitrogen and oxygen atoms in total. The highest BCUT2D eigenvalue weighted by atomic mass is 19.2. The number of aliphatic hydroxyl groups excluding tert-OH is 2. The second-order valence-electron chi connectivity index (χ2n) is 14.2. The Balaban J connectivity index is 1.78. The smallest absolute Gasteiger partial charge is 0.506 e. The molecule has 0 unspecified atom stereocenters. The van der Waals surface area contributed by atoms with E-state index in [0.29, 0.717) is 96.7 Å². The summed E-state index contributed by atoms with van der Waals surface area (Å²) in [5.74, 6) is -1.18. The average molecular weight is 797 g/mol. The van der Waals surface area contributed by atoms with E-state index in [-0.39, 0.29) is 34.4 Å². The molecule has 3 aliphatic rings. The Bertz CT molecular complexity index is 2220. The van der Waals surface area contributed by atoms with Crippen molar-refractivity contribution in [3.05, 3.63) is 115 Å². The quantitative estimate of drug-likeness (QED) is 0.108. The van der Waals surface area contributed by atoms with Gasteiger partial charge in [0, 0.05) is 23.5 Å². The third-order valence-corrected chi connectivity index (χ3v) is 11.2. The van der Waals surface area contributed by atoms with E-state index in [0.717, 1.165) is 44.5 Å². The number of hydrogen-bond acceptors (Lipinski definition) is 6. The average Bonchev–Trinajstić information content (AvgIpc) is 3.98. The molecule has 1 aromatic carbocycles. The van der Waals surface area contributed by atoms with Gasteiger partial charge in [-0.15, -0.1) is 0 Å². The standard InChI is InChI=1S/C44H50B2F4N4O4/c1-9-25-29(13-5)41-35(57-45(47)48)21-33(55)39-27(11-3)31(15-7)43(53-39)44-32(16-8)28(12-4)40(54-44)34(56)22-36(58-46(49)50)42-30(14-6)26(10-2)38(52-42)24-19-17-18-23(20-24)37(25)51-41/h17-22,51-52,55-56H,9-16H2,1-8H3. The molecule has 3 aliphatic heterocycles. The summed E-state index contributed by atoms with van der Waals surface area (Å²) in [7, 11) is -6.38. The van der Waals surface area contributed by atoms with Crippen LogP contribution in [0.2, 0.25) is 0 Å². The second-order valence-corrected chi connectivity index (χ2v) is 14.2. The van der Waals surface area contributed by atoms with Gasteiger partial charge in [-0.05, 0) is 113 Å². The monoisotopic (exact) mass is 796 g/mol. The zero-order chi connectivity index (χ0) is 42.0. The molecule has 0 atom stereocenters. The van der Waals surface area contributed by atoms with Gasteiger partial charge >= 0.3 is 14.9 Å². The Morgan fingerprint density at radius 2 is 0.862 bits per heavy atom. The van der Waals surface area contributed by atoms with E-state index in [9.17, 15) is 27.5 Å². The Hall–Kier alpha value is -5.39. The molecule has 5 heterocycles. The first-order valence-corrected chi connectivity index (χ1v) is 20.3. The zero-order valence-corrected chi connectivity index (χ0v) is 34.4. The number of benzene rings is 1. The van der Waals surface area contributed by atoms with Crippen molar-refractivity contribution in [1.82, 2.24) is 9.97 Å². The highest BCUT2D eigenvalue weighted by molar-refractivity contribution is 6.55. The van der Waals surface area contributed by atoms with Crippen LogP contribution in [0.5, 0.6) is 0 Å². The molecule has 4 N–H and O–H groups in total. The number of fused-ring (bicyclic) bond motifs is 11. The molecule has 0 saturated heterocycles. The van der Waals surface area contributed by atoms with Gasteiger partial charge in [-0.2, -0.15) is 0 Å². The van der Waals surface area contributed by atoms with Gasteiger partial charge in [0.2, 0.25) is 0 Å². The Labute approximate surface area is 338 Å². The summed E-state index contributed by atoms with van der Waals surface area (Å²) in [5, 5.41) is 23.7. The number of rotatable bonds is 12. The summed E-state index contributed by atoms with van der Waals surface area (Å²) < 4.78 is 67.6. The Kier molecular flexibility index (Phi) is 12.8. The number of H-pyrrole nitrogens is 2. The van der Waals surface area contributed by atoms with Crippen LogP contribution >= 0.6 is 0 Å². The molecule has 0 saturated carbocycles. The fourth-order valence-electron chi connectivity index (χ4n) is 8.77. The first-order chi connectivity index (χ1) is 27.9. The van der Waals surface area contributed by atoms with Crippen molar-refractivity contribution in [1.29, 1.82) is 0 Å². The molecule has 0 fully saturated rings. The maximum Gasteiger partial charge on any atom is 0.796 e. The number of halogens is 4. The van der Waals surface area contributed by atoms with Crippen molar-refractivity contribution >= 4 is 37.9 Å². The molecular formula is C44H50B2F4N4O4. The first-order valence-electron chi connectivity index (χ1n) is 20.3. The van der Waals surface area contributed by atoms with Crippen LogP contribution in [0.1, 0.15) is 115 Å². The molecule has 0 amide bonds. The van der Waals surface area contributed by atoms with E-state index in [1.54, 1.807) is 0 Å². The van der Waals surface area contributed by atoms with Crippen molar-refractivity contribution in [2.75, 3.05) is 0 Å². The van der Waals surface area contributed by atoms with Crippen molar-refractivity contribution in [2.45, 2.75) is 107 Å². The fourth-order valence-corrected chi connectivity index (χ4v) is 8.77. The molecule has 10 bridgehead atoms. The van der Waals surface area contributed by atoms with E-state index in [4.69, 9.17) is 19.3 Å². The number of nitrogens with one attached hydrogen (secondary N) is 2. The third-order valence-electron chi connectivity index (χ3n) is 11.2. The minimum absolute atomic E-state index is 0.204. The van der Waals surface area contributed by atoms with Gasteiger partial charge < -0.3 is 29.5 Å². The van der Waals surface area contributed by atoms with Crippen LogP contribution in [-0.4, -0.2) is 46.5 Å². The topological polar surface area (TPSA) is 115 Å². The summed E-state index contributed by atoms with van der Waals surface area (Å²) in [5.41, 5.74) is 11.3. The van der Waals surface area contributed by atoms with Gasteiger partial charge in [-0.25, -0.2) is 27.2 Å². The number of allylic oxidation sites excluding steroid dienone is 6. The van der Waals surface area contributed by atoms with Crippen LogP contribution in [-0.2, 0) is 35.0 Å². The molecule has 3 aromatic rings. The largest absolute Gasteiger partial charge is 0.796 e. The predicted octanol–water partition coefficient (Wildman–Crippen LogP) is 12.2. The number of hydrogen-bond donors (Lipinski definition) is 4. The lowest BCUT2D eigenvalue weighted by atomic mass is 9.91. The minimum atomic E-state index is -3.19. The van der Waals surface area contributed by atoms with Crippen LogP contribution < -0.4 is 0 Å².